The number of rotatable bonds is 4. The molecule has 14 heavy (non-hydrogen) atoms. The second kappa shape index (κ2) is 5.32. The van der Waals surface area contributed by atoms with Gasteiger partial charge in [-0.25, -0.2) is 0 Å². The molecule has 4 nitrogen and oxygen atoms in total. The molecule has 0 aliphatic carbocycles. The monoisotopic (exact) mass is 201 g/mol. The highest BCUT2D eigenvalue weighted by Gasteiger charge is 2.22. The van der Waals surface area contributed by atoms with Crippen molar-refractivity contribution >= 4 is 5.97 Å². The zero-order valence-electron chi connectivity index (χ0n) is 8.86. The summed E-state index contributed by atoms with van der Waals surface area (Å²) in [6, 6.07) is -0.517. The van der Waals surface area contributed by atoms with Crippen LogP contribution in [0.5, 0.6) is 0 Å². The first-order valence-corrected chi connectivity index (χ1v) is 5.15. The minimum absolute atomic E-state index is 0.0818. The van der Waals surface area contributed by atoms with Gasteiger partial charge in [0.25, 0.3) is 0 Å². The molecule has 0 saturated carbocycles. The van der Waals surface area contributed by atoms with Crippen molar-refractivity contribution in [2.45, 2.75) is 38.8 Å². The number of hydrogen-bond donors (Lipinski definition) is 1. The maximum absolute atomic E-state index is 11.3. The molecule has 2 atom stereocenters. The van der Waals surface area contributed by atoms with E-state index in [-0.39, 0.29) is 18.0 Å². The normalized spacial score (nSPS) is 23.9. The maximum Gasteiger partial charge on any atom is 0.323 e. The molecule has 0 amide bonds. The van der Waals surface area contributed by atoms with Crippen molar-refractivity contribution in [2.75, 3.05) is 13.2 Å². The molecule has 0 aromatic carbocycles. The lowest BCUT2D eigenvalue weighted by molar-refractivity contribution is -0.149. The van der Waals surface area contributed by atoms with Gasteiger partial charge in [-0.15, -0.1) is 0 Å². The largest absolute Gasteiger partial charge is 0.462 e. The van der Waals surface area contributed by atoms with E-state index < -0.39 is 6.04 Å². The third-order valence-corrected chi connectivity index (χ3v) is 2.43. The van der Waals surface area contributed by atoms with Gasteiger partial charge in [-0.2, -0.15) is 0 Å². The lowest BCUT2D eigenvalue weighted by atomic mass is 10.1. The van der Waals surface area contributed by atoms with Crippen LogP contribution >= 0.6 is 0 Å². The van der Waals surface area contributed by atoms with E-state index in [0.29, 0.717) is 6.61 Å². The van der Waals surface area contributed by atoms with Crippen LogP contribution < -0.4 is 5.73 Å². The van der Waals surface area contributed by atoms with Crippen molar-refractivity contribution in [1.82, 2.24) is 0 Å². The Kier molecular flexibility index (Phi) is 4.35. The van der Waals surface area contributed by atoms with Crippen LogP contribution in [0, 0.1) is 5.92 Å². The molecule has 4 heteroatoms. The Hall–Kier alpha value is -0.610. The maximum atomic E-state index is 11.3. The van der Waals surface area contributed by atoms with Crippen molar-refractivity contribution in [3.8, 4) is 0 Å². The smallest absolute Gasteiger partial charge is 0.323 e. The van der Waals surface area contributed by atoms with E-state index in [1.54, 1.807) is 0 Å². The number of ether oxygens (including phenoxy) is 2. The molecule has 1 unspecified atom stereocenters. The SMILES string of the molecule is CC(C)[C@@H](N)C(=O)OCC1CCCO1. The van der Waals surface area contributed by atoms with Gasteiger partial charge in [-0.05, 0) is 18.8 Å². The molecule has 1 heterocycles. The van der Waals surface area contributed by atoms with E-state index in [1.807, 2.05) is 13.8 Å². The lowest BCUT2D eigenvalue weighted by Crippen LogP contribution is -2.38. The molecule has 1 aliphatic heterocycles. The van der Waals surface area contributed by atoms with Gasteiger partial charge in [0.15, 0.2) is 0 Å². The first-order valence-electron chi connectivity index (χ1n) is 5.15. The van der Waals surface area contributed by atoms with Crippen molar-refractivity contribution in [3.63, 3.8) is 0 Å². The second-order valence-corrected chi connectivity index (χ2v) is 4.03. The first-order chi connectivity index (χ1) is 6.61. The van der Waals surface area contributed by atoms with E-state index >= 15 is 0 Å². The molecule has 1 aliphatic rings. The quantitative estimate of drug-likeness (QED) is 0.680. The molecule has 0 bridgehead atoms. The molecular weight excluding hydrogens is 182 g/mol. The third kappa shape index (κ3) is 3.27. The number of nitrogens with two attached hydrogens (primary N) is 1. The highest BCUT2D eigenvalue weighted by molar-refractivity contribution is 5.75. The van der Waals surface area contributed by atoms with Crippen molar-refractivity contribution in [3.05, 3.63) is 0 Å². The summed E-state index contributed by atoms with van der Waals surface area (Å²) in [6.45, 7) is 4.92. The van der Waals surface area contributed by atoms with Gasteiger partial charge in [-0.3, -0.25) is 4.79 Å². The molecular formula is C10H19NO3. The van der Waals surface area contributed by atoms with Crippen molar-refractivity contribution < 1.29 is 14.3 Å². The average Bonchev–Trinajstić information content (AvgIpc) is 2.65. The fourth-order valence-corrected chi connectivity index (χ4v) is 1.32. The Bertz CT molecular complexity index is 188. The molecule has 0 aromatic rings. The van der Waals surface area contributed by atoms with E-state index in [0.717, 1.165) is 19.4 Å². The van der Waals surface area contributed by atoms with Crippen LogP contribution in [0.2, 0.25) is 0 Å². The van der Waals surface area contributed by atoms with E-state index in [2.05, 4.69) is 0 Å². The van der Waals surface area contributed by atoms with Crippen LogP contribution in [0.4, 0.5) is 0 Å². The van der Waals surface area contributed by atoms with Crippen LogP contribution in [-0.2, 0) is 14.3 Å². The fraction of sp³-hybridized carbons (Fsp3) is 0.900. The van der Waals surface area contributed by atoms with E-state index in [4.69, 9.17) is 15.2 Å². The van der Waals surface area contributed by atoms with Crippen molar-refractivity contribution in [2.24, 2.45) is 11.7 Å². The Morgan fingerprint density at radius 1 is 1.64 bits per heavy atom. The minimum Gasteiger partial charge on any atom is -0.462 e. The van der Waals surface area contributed by atoms with Crippen LogP contribution in [0.3, 0.4) is 0 Å². The Balaban J connectivity index is 2.19. The van der Waals surface area contributed by atoms with Gasteiger partial charge in [0.1, 0.15) is 12.6 Å². The van der Waals surface area contributed by atoms with Gasteiger partial charge in [-0.1, -0.05) is 13.8 Å². The van der Waals surface area contributed by atoms with E-state index in [1.165, 1.54) is 0 Å². The summed E-state index contributed by atoms with van der Waals surface area (Å²) >= 11 is 0. The van der Waals surface area contributed by atoms with Crippen LogP contribution in [0.1, 0.15) is 26.7 Å². The summed E-state index contributed by atoms with van der Waals surface area (Å²) in [4.78, 5) is 11.3. The van der Waals surface area contributed by atoms with Gasteiger partial charge >= 0.3 is 5.97 Å². The molecule has 82 valence electrons. The van der Waals surface area contributed by atoms with Gasteiger partial charge in [0, 0.05) is 6.61 Å². The van der Waals surface area contributed by atoms with Gasteiger partial charge in [0.2, 0.25) is 0 Å². The molecule has 2 N–H and O–H groups in total. The Labute approximate surface area is 84.7 Å². The minimum atomic E-state index is -0.517. The third-order valence-electron chi connectivity index (χ3n) is 2.43. The topological polar surface area (TPSA) is 61.6 Å². The molecule has 0 spiro atoms. The molecule has 0 radical (unpaired) electrons. The van der Waals surface area contributed by atoms with Crippen LogP contribution in [0.25, 0.3) is 0 Å². The summed E-state index contributed by atoms with van der Waals surface area (Å²) in [5, 5.41) is 0. The summed E-state index contributed by atoms with van der Waals surface area (Å²) in [5.41, 5.74) is 5.63. The standard InChI is InChI=1S/C10H19NO3/c1-7(2)9(11)10(12)14-6-8-4-3-5-13-8/h7-9H,3-6,11H2,1-2H3/t8?,9-/m1/s1. The molecule has 0 aromatic heterocycles. The number of esters is 1. The second-order valence-electron chi connectivity index (χ2n) is 4.03. The summed E-state index contributed by atoms with van der Waals surface area (Å²) in [6.07, 6.45) is 2.11. The Morgan fingerprint density at radius 3 is 2.86 bits per heavy atom. The van der Waals surface area contributed by atoms with Crippen molar-refractivity contribution in [1.29, 1.82) is 0 Å². The molecule has 1 fully saturated rings. The lowest BCUT2D eigenvalue weighted by Gasteiger charge is -2.16. The highest BCUT2D eigenvalue weighted by Crippen LogP contribution is 2.12. The van der Waals surface area contributed by atoms with Gasteiger partial charge < -0.3 is 15.2 Å². The predicted octanol–water partition coefficient (Wildman–Crippen LogP) is 0.692. The summed E-state index contributed by atoms with van der Waals surface area (Å²) in [7, 11) is 0. The Morgan fingerprint density at radius 2 is 2.36 bits per heavy atom. The highest BCUT2D eigenvalue weighted by atomic mass is 16.6. The average molecular weight is 201 g/mol. The zero-order chi connectivity index (χ0) is 10.6. The molecule has 1 rings (SSSR count). The van der Waals surface area contributed by atoms with E-state index in [9.17, 15) is 4.79 Å². The number of hydrogen-bond acceptors (Lipinski definition) is 4. The summed E-state index contributed by atoms with van der Waals surface area (Å²) in [5.74, 6) is -0.206. The predicted molar refractivity (Wildman–Crippen MR) is 52.7 cm³/mol. The molecule has 1 saturated heterocycles. The first kappa shape index (κ1) is 11.5. The fourth-order valence-electron chi connectivity index (χ4n) is 1.32. The number of carbonyl (C=O) groups is 1. The summed E-state index contributed by atoms with van der Waals surface area (Å²) < 4.78 is 10.4. The zero-order valence-corrected chi connectivity index (χ0v) is 8.86. The van der Waals surface area contributed by atoms with Gasteiger partial charge in [0.05, 0.1) is 6.10 Å². The van der Waals surface area contributed by atoms with Crippen LogP contribution in [0.15, 0.2) is 0 Å². The van der Waals surface area contributed by atoms with Crippen LogP contribution in [-0.4, -0.2) is 31.3 Å². The number of carbonyl (C=O) groups excluding carboxylic acids is 1.